The molecule has 0 bridgehead atoms. The zero-order valence-corrected chi connectivity index (χ0v) is 27.2. The van der Waals surface area contributed by atoms with Gasteiger partial charge in [0.15, 0.2) is 0 Å². The van der Waals surface area contributed by atoms with Crippen LogP contribution in [0.2, 0.25) is 0 Å². The number of nitrogens with two attached hydrogens (primary N) is 2. The first kappa shape index (κ1) is 33.9. The van der Waals surface area contributed by atoms with Crippen molar-refractivity contribution in [3.8, 4) is 11.8 Å². The second kappa shape index (κ2) is 12.4. The highest BCUT2D eigenvalue weighted by atomic mass is 19.4. The summed E-state index contributed by atoms with van der Waals surface area (Å²) in [4.78, 5) is 22.2. The molecule has 1 aromatic rings. The Hall–Kier alpha value is -3.98. The van der Waals surface area contributed by atoms with E-state index in [1.165, 1.54) is 0 Å². The van der Waals surface area contributed by atoms with Crippen molar-refractivity contribution in [2.24, 2.45) is 34.2 Å². The lowest BCUT2D eigenvalue weighted by Crippen LogP contribution is -2.51. The van der Waals surface area contributed by atoms with E-state index in [0.717, 1.165) is 11.6 Å². The van der Waals surface area contributed by atoms with Crippen LogP contribution in [0.4, 0.5) is 13.2 Å². The second-order valence-corrected chi connectivity index (χ2v) is 13.2. The van der Waals surface area contributed by atoms with Gasteiger partial charge >= 0.3 is 6.18 Å². The quantitative estimate of drug-likeness (QED) is 0.300. The summed E-state index contributed by atoms with van der Waals surface area (Å²) in [6, 6.07) is 0.105. The number of imidazole rings is 1. The average molecular weight is 627 g/mol. The average Bonchev–Trinajstić information content (AvgIpc) is 3.35. The van der Waals surface area contributed by atoms with E-state index in [2.05, 4.69) is 37.8 Å². The van der Waals surface area contributed by atoms with Gasteiger partial charge in [0.05, 0.1) is 35.0 Å². The molecule has 45 heavy (non-hydrogen) atoms. The maximum atomic E-state index is 14.2. The number of alkyl halides is 3. The number of nitrogens with zero attached hydrogens (tertiary/aromatic N) is 3. The first-order chi connectivity index (χ1) is 20.8. The number of amides is 1. The number of allylic oxidation sites excluding steroid dienone is 5. The third kappa shape index (κ3) is 7.30. The van der Waals surface area contributed by atoms with Gasteiger partial charge in [0.1, 0.15) is 23.4 Å². The van der Waals surface area contributed by atoms with Crippen molar-refractivity contribution in [3.63, 3.8) is 0 Å². The van der Waals surface area contributed by atoms with Crippen molar-refractivity contribution in [1.82, 2.24) is 25.5 Å². The van der Waals surface area contributed by atoms with E-state index in [-0.39, 0.29) is 30.7 Å². The maximum absolute atomic E-state index is 14.2. The fraction of sp³-hybridized carbons (Fsp3) is 0.545. The highest BCUT2D eigenvalue weighted by Gasteiger charge is 2.52. The Bertz CT molecular complexity index is 1550. The minimum absolute atomic E-state index is 0.105. The highest BCUT2D eigenvalue weighted by molar-refractivity contribution is 6.01. The normalized spacial score (nSPS) is 28.5. The number of rotatable bonds is 6. The Kier molecular flexibility index (Phi) is 9.36. The smallest absolute Gasteiger partial charge is 0.384 e. The lowest BCUT2D eigenvalue weighted by molar-refractivity contribution is -0.184. The fourth-order valence-corrected chi connectivity index (χ4v) is 6.15. The summed E-state index contributed by atoms with van der Waals surface area (Å²) in [7, 11) is 0. The number of halogens is 3. The molecule has 1 aromatic heterocycles. The standard InChI is InChI=1S/C33H45F3N8O/c1-18(2)40-29-27(28(37)41-22(6)42-29)31(7,38)12-11-23-13-24(10-9-19(23)3)30(45)43-25-14-26(33(34,35)36)21(5)32(8,15-25)44-16-20(4)39-17-44/h9-10,14,16-18,21-22,24,26,40,42H,13,15,38H2,1-8H3,(H2,37,41)(H,43,45). The topological polar surface area (TPSA) is 135 Å². The van der Waals surface area contributed by atoms with E-state index < -0.39 is 40.9 Å². The predicted octanol–water partition coefficient (Wildman–Crippen LogP) is 4.25. The van der Waals surface area contributed by atoms with E-state index in [1.807, 2.05) is 33.8 Å². The Labute approximate surface area is 263 Å². The molecule has 7 N–H and O–H groups in total. The lowest BCUT2D eigenvalue weighted by Gasteiger charge is -2.45. The van der Waals surface area contributed by atoms with Crippen LogP contribution in [0.15, 0.2) is 64.0 Å². The molecular weight excluding hydrogens is 581 g/mol. The molecule has 0 saturated carbocycles. The monoisotopic (exact) mass is 626 g/mol. The molecule has 12 heteroatoms. The first-order valence-electron chi connectivity index (χ1n) is 15.2. The van der Waals surface area contributed by atoms with Crippen molar-refractivity contribution in [2.45, 2.75) is 97.7 Å². The molecule has 4 rings (SSSR count). The van der Waals surface area contributed by atoms with Crippen molar-refractivity contribution >= 4 is 11.7 Å². The molecule has 0 fully saturated rings. The van der Waals surface area contributed by atoms with E-state index in [4.69, 9.17) is 11.5 Å². The van der Waals surface area contributed by atoms with Crippen LogP contribution in [0.25, 0.3) is 0 Å². The Morgan fingerprint density at radius 3 is 2.56 bits per heavy atom. The van der Waals surface area contributed by atoms with Gasteiger partial charge in [-0.05, 0) is 66.4 Å². The van der Waals surface area contributed by atoms with E-state index in [1.54, 1.807) is 50.9 Å². The van der Waals surface area contributed by atoms with Gasteiger partial charge in [-0.25, -0.2) is 9.98 Å². The van der Waals surface area contributed by atoms with Crippen molar-refractivity contribution < 1.29 is 18.0 Å². The molecule has 3 aliphatic rings. The van der Waals surface area contributed by atoms with Gasteiger partial charge in [-0.2, -0.15) is 13.2 Å². The molecule has 1 amide bonds. The summed E-state index contributed by atoms with van der Waals surface area (Å²) < 4.78 is 44.4. The Balaban J connectivity index is 1.56. The van der Waals surface area contributed by atoms with Crippen molar-refractivity contribution in [1.29, 1.82) is 0 Å². The fourth-order valence-electron chi connectivity index (χ4n) is 6.15. The number of amidine groups is 1. The third-order valence-electron chi connectivity index (χ3n) is 8.84. The molecule has 0 saturated heterocycles. The highest BCUT2D eigenvalue weighted by Crippen LogP contribution is 2.47. The number of aliphatic imine (C=N–C) groups is 1. The number of nitrogens with one attached hydrogen (secondary N) is 3. The molecule has 6 unspecified atom stereocenters. The Morgan fingerprint density at radius 2 is 1.96 bits per heavy atom. The van der Waals surface area contributed by atoms with Gasteiger partial charge in [-0.3, -0.25) is 4.79 Å². The summed E-state index contributed by atoms with van der Waals surface area (Å²) in [6.45, 7) is 14.7. The molecule has 0 radical (unpaired) electrons. The van der Waals surface area contributed by atoms with Gasteiger partial charge in [-0.15, -0.1) is 0 Å². The zero-order chi connectivity index (χ0) is 33.5. The predicted molar refractivity (Wildman–Crippen MR) is 170 cm³/mol. The van der Waals surface area contributed by atoms with Crippen LogP contribution in [0.5, 0.6) is 0 Å². The van der Waals surface area contributed by atoms with E-state index in [9.17, 15) is 18.0 Å². The van der Waals surface area contributed by atoms with Crippen LogP contribution in [-0.2, 0) is 10.3 Å². The lowest BCUT2D eigenvalue weighted by atomic mass is 9.70. The van der Waals surface area contributed by atoms with Crippen LogP contribution < -0.4 is 27.4 Å². The van der Waals surface area contributed by atoms with Crippen LogP contribution in [0.1, 0.15) is 67.0 Å². The number of carbonyl (C=O) groups excluding carboxylic acids is 1. The van der Waals surface area contributed by atoms with Gasteiger partial charge < -0.3 is 32.0 Å². The number of aromatic nitrogens is 2. The van der Waals surface area contributed by atoms with Gasteiger partial charge in [0, 0.05) is 29.9 Å². The SMILES string of the molecule is CC1=C(C#CC(C)(N)C2=C(NC(C)C)NC(C)N=C2N)CC(C(=O)NC2=CC(C(F)(F)F)C(C)C(C)(n3cnc(C)c3)C2)C=C1. The van der Waals surface area contributed by atoms with Crippen molar-refractivity contribution in [2.75, 3.05) is 0 Å². The number of hydrogen-bond donors (Lipinski definition) is 5. The number of aryl methyl sites for hydroxylation is 1. The van der Waals surface area contributed by atoms with Crippen molar-refractivity contribution in [3.05, 3.63) is 64.7 Å². The van der Waals surface area contributed by atoms with Crippen LogP contribution in [-0.4, -0.2) is 45.2 Å². The summed E-state index contributed by atoms with van der Waals surface area (Å²) in [5.41, 5.74) is 14.0. The van der Waals surface area contributed by atoms with Crippen LogP contribution in [0.3, 0.4) is 0 Å². The largest absolute Gasteiger partial charge is 0.395 e. The second-order valence-electron chi connectivity index (χ2n) is 13.2. The molecule has 2 heterocycles. The molecule has 6 atom stereocenters. The molecule has 0 spiro atoms. The molecule has 244 valence electrons. The minimum Gasteiger partial charge on any atom is -0.384 e. The molecular formula is C33H45F3N8O. The molecule has 0 aromatic carbocycles. The summed E-state index contributed by atoms with van der Waals surface area (Å²) in [6.07, 6.45) is 3.79. The van der Waals surface area contributed by atoms with E-state index >= 15 is 0 Å². The summed E-state index contributed by atoms with van der Waals surface area (Å²) in [5, 5.41) is 9.43. The van der Waals surface area contributed by atoms with Crippen LogP contribution in [0, 0.1) is 36.5 Å². The molecule has 9 nitrogen and oxygen atoms in total. The van der Waals surface area contributed by atoms with E-state index in [0.29, 0.717) is 28.5 Å². The zero-order valence-electron chi connectivity index (χ0n) is 27.2. The number of hydrogen-bond acceptors (Lipinski definition) is 7. The first-order valence-corrected chi connectivity index (χ1v) is 15.2. The molecule has 2 aliphatic carbocycles. The van der Waals surface area contributed by atoms with Gasteiger partial charge in [-0.1, -0.05) is 37.0 Å². The minimum atomic E-state index is -4.48. The third-order valence-corrected chi connectivity index (χ3v) is 8.84. The molecule has 1 aliphatic heterocycles. The van der Waals surface area contributed by atoms with Gasteiger partial charge in [0.2, 0.25) is 5.91 Å². The van der Waals surface area contributed by atoms with Gasteiger partial charge in [0.25, 0.3) is 0 Å². The maximum Gasteiger partial charge on any atom is 0.395 e. The summed E-state index contributed by atoms with van der Waals surface area (Å²) in [5.74, 6) is 3.72. The number of carbonyl (C=O) groups is 1. The van der Waals surface area contributed by atoms with Crippen LogP contribution >= 0.6 is 0 Å². The Morgan fingerprint density at radius 1 is 1.27 bits per heavy atom. The summed E-state index contributed by atoms with van der Waals surface area (Å²) >= 11 is 0.